The van der Waals surface area contributed by atoms with Gasteiger partial charge in [0.2, 0.25) is 5.75 Å². The largest absolute Gasteiger partial charge is 0.449 e. The summed E-state index contributed by atoms with van der Waals surface area (Å²) in [5.41, 5.74) is 2.41. The molecule has 0 unspecified atom stereocenters. The molecule has 25 heavy (non-hydrogen) atoms. The molecule has 0 spiro atoms. The van der Waals surface area contributed by atoms with E-state index in [0.717, 1.165) is 16.6 Å². The van der Waals surface area contributed by atoms with Crippen LogP contribution < -0.4 is 4.74 Å². The summed E-state index contributed by atoms with van der Waals surface area (Å²) >= 11 is 0. The van der Waals surface area contributed by atoms with Gasteiger partial charge in [-0.15, -0.1) is 0 Å². The van der Waals surface area contributed by atoms with Gasteiger partial charge in [-0.3, -0.25) is 10.1 Å². The highest BCUT2D eigenvalue weighted by molar-refractivity contribution is 5.80. The summed E-state index contributed by atoms with van der Waals surface area (Å²) in [6.45, 7) is 0. The van der Waals surface area contributed by atoms with Gasteiger partial charge in [0.05, 0.1) is 21.5 Å². The number of nitro groups is 1. The minimum absolute atomic E-state index is 0.0816. The number of ether oxygens (including phenoxy) is 1. The maximum Gasteiger partial charge on any atom is 0.311 e. The average molecular weight is 331 g/mol. The Labute approximate surface area is 142 Å². The van der Waals surface area contributed by atoms with Gasteiger partial charge in [0, 0.05) is 6.07 Å². The third-order valence-corrected chi connectivity index (χ3v) is 3.81. The van der Waals surface area contributed by atoms with Crippen molar-refractivity contribution in [3.8, 4) is 22.9 Å². The molecule has 0 bridgehead atoms. The Balaban J connectivity index is 1.79. The molecular weight excluding hydrogens is 318 g/mol. The Morgan fingerprint density at radius 2 is 1.56 bits per heavy atom. The van der Waals surface area contributed by atoms with Gasteiger partial charge >= 0.3 is 5.69 Å². The number of hydrogen-bond donors (Lipinski definition) is 1. The number of nitrogens with one attached hydrogen (secondary N) is 1. The van der Waals surface area contributed by atoms with E-state index in [1.54, 1.807) is 24.3 Å². The van der Waals surface area contributed by atoms with Gasteiger partial charge in [0.25, 0.3) is 0 Å². The molecule has 6 heteroatoms. The Bertz CT molecular complexity index is 1040. The summed E-state index contributed by atoms with van der Waals surface area (Å²) in [6, 6.07) is 21.3. The molecule has 0 saturated heterocycles. The van der Waals surface area contributed by atoms with E-state index in [4.69, 9.17) is 4.74 Å². The van der Waals surface area contributed by atoms with Crippen LogP contribution in [0.4, 0.5) is 5.69 Å². The quantitative estimate of drug-likeness (QED) is 0.424. The van der Waals surface area contributed by atoms with Crippen molar-refractivity contribution in [1.82, 2.24) is 9.97 Å². The van der Waals surface area contributed by atoms with Gasteiger partial charge in [-0.2, -0.15) is 0 Å². The summed E-state index contributed by atoms with van der Waals surface area (Å²) in [6.07, 6.45) is 0. The zero-order valence-electron chi connectivity index (χ0n) is 13.0. The zero-order valence-corrected chi connectivity index (χ0v) is 13.0. The number of fused-ring (bicyclic) bond motifs is 1. The second kappa shape index (κ2) is 6.09. The number of nitrogens with zero attached hydrogens (tertiary/aromatic N) is 2. The smallest absolute Gasteiger partial charge is 0.311 e. The Kier molecular flexibility index (Phi) is 3.63. The topological polar surface area (TPSA) is 81.1 Å². The molecule has 0 aliphatic heterocycles. The number of rotatable bonds is 4. The summed E-state index contributed by atoms with van der Waals surface area (Å²) in [4.78, 5) is 18.6. The van der Waals surface area contributed by atoms with Crippen LogP contribution in [0.2, 0.25) is 0 Å². The highest BCUT2D eigenvalue weighted by atomic mass is 16.6. The number of H-pyrrole nitrogens is 1. The number of para-hydroxylation sites is 5. The van der Waals surface area contributed by atoms with Crippen LogP contribution in [0.5, 0.6) is 11.5 Å². The first-order valence-corrected chi connectivity index (χ1v) is 7.68. The van der Waals surface area contributed by atoms with Crippen LogP contribution in [0.15, 0.2) is 72.8 Å². The molecule has 6 nitrogen and oxygen atoms in total. The highest BCUT2D eigenvalue weighted by Gasteiger charge is 2.17. The van der Waals surface area contributed by atoms with E-state index in [1.807, 2.05) is 42.5 Å². The highest BCUT2D eigenvalue weighted by Crippen LogP contribution is 2.36. The fourth-order valence-electron chi connectivity index (χ4n) is 2.64. The number of aromatic nitrogens is 2. The molecule has 4 aromatic rings. The van der Waals surface area contributed by atoms with Gasteiger partial charge in [-0.25, -0.2) is 4.98 Å². The Morgan fingerprint density at radius 1 is 0.880 bits per heavy atom. The van der Waals surface area contributed by atoms with Crippen LogP contribution in [-0.4, -0.2) is 14.9 Å². The van der Waals surface area contributed by atoms with Crippen molar-refractivity contribution in [3.05, 3.63) is 82.9 Å². The number of benzene rings is 3. The maximum atomic E-state index is 11.2. The van der Waals surface area contributed by atoms with Crippen molar-refractivity contribution in [2.75, 3.05) is 0 Å². The number of aromatic amines is 1. The maximum absolute atomic E-state index is 11.2. The van der Waals surface area contributed by atoms with Gasteiger partial charge < -0.3 is 9.72 Å². The lowest BCUT2D eigenvalue weighted by molar-refractivity contribution is -0.385. The minimum atomic E-state index is -0.459. The van der Waals surface area contributed by atoms with Crippen molar-refractivity contribution in [1.29, 1.82) is 0 Å². The van der Waals surface area contributed by atoms with Crippen LogP contribution in [0.1, 0.15) is 0 Å². The zero-order chi connectivity index (χ0) is 17.2. The van der Waals surface area contributed by atoms with E-state index in [9.17, 15) is 10.1 Å². The standard InChI is InChI=1S/C19H13N3O3/c23-22(24)16-10-4-6-12-18(16)25-17-11-5-1-7-13(17)19-20-14-8-2-3-9-15(14)21-19/h1-12H,(H,20,21). The molecule has 4 rings (SSSR count). The molecule has 1 heterocycles. The fraction of sp³-hybridized carbons (Fsp3) is 0. The first-order valence-electron chi connectivity index (χ1n) is 7.68. The molecule has 1 aromatic heterocycles. The molecule has 1 N–H and O–H groups in total. The predicted octanol–water partition coefficient (Wildman–Crippen LogP) is 4.93. The fourth-order valence-corrected chi connectivity index (χ4v) is 2.64. The van der Waals surface area contributed by atoms with Crippen molar-refractivity contribution in [2.45, 2.75) is 0 Å². The summed E-state index contributed by atoms with van der Waals surface area (Å²) in [5, 5.41) is 11.2. The van der Waals surface area contributed by atoms with Gasteiger partial charge in [-0.05, 0) is 30.3 Å². The molecule has 0 aliphatic carbocycles. The van der Waals surface area contributed by atoms with Crippen molar-refractivity contribution < 1.29 is 9.66 Å². The lowest BCUT2D eigenvalue weighted by Crippen LogP contribution is -1.94. The minimum Gasteiger partial charge on any atom is -0.449 e. The van der Waals surface area contributed by atoms with Crippen molar-refractivity contribution >= 4 is 16.7 Å². The van der Waals surface area contributed by atoms with E-state index < -0.39 is 4.92 Å². The lowest BCUT2D eigenvalue weighted by Gasteiger charge is -2.09. The van der Waals surface area contributed by atoms with E-state index in [-0.39, 0.29) is 11.4 Å². The summed E-state index contributed by atoms with van der Waals surface area (Å²) in [7, 11) is 0. The van der Waals surface area contributed by atoms with Gasteiger partial charge in [-0.1, -0.05) is 36.4 Å². The van der Waals surface area contributed by atoms with Crippen LogP contribution in [0.25, 0.3) is 22.4 Å². The molecule has 122 valence electrons. The van der Waals surface area contributed by atoms with E-state index in [2.05, 4.69) is 9.97 Å². The molecule has 0 saturated carbocycles. The first-order chi connectivity index (χ1) is 12.2. The third kappa shape index (κ3) is 2.81. The molecule has 0 aliphatic rings. The SMILES string of the molecule is O=[N+]([O-])c1ccccc1Oc1ccccc1-c1nc2ccccc2[nH]1. The van der Waals surface area contributed by atoms with Gasteiger partial charge in [0.1, 0.15) is 11.6 Å². The summed E-state index contributed by atoms with van der Waals surface area (Å²) < 4.78 is 5.85. The third-order valence-electron chi connectivity index (χ3n) is 3.81. The lowest BCUT2D eigenvalue weighted by atomic mass is 10.2. The van der Waals surface area contributed by atoms with Crippen LogP contribution in [0.3, 0.4) is 0 Å². The van der Waals surface area contributed by atoms with E-state index in [0.29, 0.717) is 11.6 Å². The number of hydrogen-bond acceptors (Lipinski definition) is 4. The molecule has 0 radical (unpaired) electrons. The van der Waals surface area contributed by atoms with Gasteiger partial charge in [0.15, 0.2) is 0 Å². The van der Waals surface area contributed by atoms with Crippen LogP contribution in [0, 0.1) is 10.1 Å². The monoisotopic (exact) mass is 331 g/mol. The number of imidazole rings is 1. The van der Waals surface area contributed by atoms with E-state index in [1.165, 1.54) is 6.07 Å². The predicted molar refractivity (Wildman–Crippen MR) is 94.7 cm³/mol. The van der Waals surface area contributed by atoms with Crippen LogP contribution >= 0.6 is 0 Å². The van der Waals surface area contributed by atoms with Crippen molar-refractivity contribution in [3.63, 3.8) is 0 Å². The molecule has 3 aromatic carbocycles. The molecular formula is C19H13N3O3. The second-order valence-electron chi connectivity index (χ2n) is 5.43. The van der Waals surface area contributed by atoms with Crippen LogP contribution in [-0.2, 0) is 0 Å². The number of nitro benzene ring substituents is 1. The van der Waals surface area contributed by atoms with Crippen molar-refractivity contribution in [2.24, 2.45) is 0 Å². The van der Waals surface area contributed by atoms with E-state index >= 15 is 0 Å². The Morgan fingerprint density at radius 3 is 2.36 bits per heavy atom. The molecule has 0 fully saturated rings. The molecule has 0 atom stereocenters. The Hall–Kier alpha value is -3.67. The first kappa shape index (κ1) is 14.9. The average Bonchev–Trinajstić information content (AvgIpc) is 3.06. The normalized spacial score (nSPS) is 10.7. The second-order valence-corrected chi connectivity index (χ2v) is 5.43. The molecule has 0 amide bonds. The summed E-state index contributed by atoms with van der Waals surface area (Å²) in [5.74, 6) is 1.34.